The Labute approximate surface area is 137 Å². The smallest absolute Gasteiger partial charge is 0.222 e. The molecule has 2 rings (SSSR count). The van der Waals surface area contributed by atoms with E-state index < -0.39 is 10.0 Å². The molecule has 6 nitrogen and oxygen atoms in total. The summed E-state index contributed by atoms with van der Waals surface area (Å²) in [5, 5.41) is 8.76. The fourth-order valence-corrected chi connectivity index (χ4v) is 3.50. The minimum atomic E-state index is -3.19. The summed E-state index contributed by atoms with van der Waals surface area (Å²) < 4.78 is 24.6. The molecule has 0 spiro atoms. The maximum absolute atomic E-state index is 12.3. The van der Waals surface area contributed by atoms with E-state index in [9.17, 15) is 13.2 Å². The first-order valence-corrected chi connectivity index (χ1v) is 9.47. The highest BCUT2D eigenvalue weighted by atomic mass is 32.2. The van der Waals surface area contributed by atoms with E-state index >= 15 is 0 Å². The van der Waals surface area contributed by atoms with E-state index in [1.807, 2.05) is 12.1 Å². The van der Waals surface area contributed by atoms with Crippen molar-refractivity contribution in [3.63, 3.8) is 0 Å². The number of sulfonamides is 1. The van der Waals surface area contributed by atoms with E-state index in [2.05, 4.69) is 6.07 Å². The van der Waals surface area contributed by atoms with Crippen molar-refractivity contribution in [3.8, 4) is 6.07 Å². The van der Waals surface area contributed by atoms with Crippen molar-refractivity contribution in [2.24, 2.45) is 0 Å². The number of carbonyl (C=O) groups is 1. The lowest BCUT2D eigenvalue weighted by Crippen LogP contribution is -2.37. The Hall–Kier alpha value is -1.91. The second-order valence-corrected chi connectivity index (χ2v) is 7.69. The molecule has 1 aliphatic rings. The van der Waals surface area contributed by atoms with Gasteiger partial charge < -0.3 is 4.90 Å². The molecule has 1 aromatic rings. The molecule has 0 N–H and O–H groups in total. The Morgan fingerprint density at radius 3 is 2.48 bits per heavy atom. The summed E-state index contributed by atoms with van der Waals surface area (Å²) in [4.78, 5) is 14.1. The molecule has 1 amide bonds. The monoisotopic (exact) mass is 335 g/mol. The number of hydrogen-bond donors (Lipinski definition) is 0. The Morgan fingerprint density at radius 1 is 1.17 bits per heavy atom. The van der Waals surface area contributed by atoms with Gasteiger partial charge in [0, 0.05) is 32.6 Å². The van der Waals surface area contributed by atoms with E-state index in [-0.39, 0.29) is 5.91 Å². The SMILES string of the molecule is CS(=O)(=O)N1CCCN(C(=O)CCc2ccc(C#N)cc2)CC1. The summed E-state index contributed by atoms with van der Waals surface area (Å²) in [5.41, 5.74) is 1.62. The maximum Gasteiger partial charge on any atom is 0.222 e. The molecule has 0 aromatic heterocycles. The Morgan fingerprint density at radius 2 is 1.87 bits per heavy atom. The van der Waals surface area contributed by atoms with Crippen LogP contribution in [0, 0.1) is 11.3 Å². The summed E-state index contributed by atoms with van der Waals surface area (Å²) in [6, 6.07) is 9.28. The first-order valence-electron chi connectivity index (χ1n) is 7.62. The molecule has 23 heavy (non-hydrogen) atoms. The first kappa shape index (κ1) is 17.4. The number of carbonyl (C=O) groups excluding carboxylic acids is 1. The van der Waals surface area contributed by atoms with Crippen molar-refractivity contribution < 1.29 is 13.2 Å². The van der Waals surface area contributed by atoms with Crippen molar-refractivity contribution in [1.29, 1.82) is 5.26 Å². The van der Waals surface area contributed by atoms with Gasteiger partial charge in [0.1, 0.15) is 0 Å². The van der Waals surface area contributed by atoms with Crippen LogP contribution < -0.4 is 0 Å². The maximum atomic E-state index is 12.3. The molecule has 0 radical (unpaired) electrons. The van der Waals surface area contributed by atoms with E-state index in [0.717, 1.165) is 5.56 Å². The highest BCUT2D eigenvalue weighted by Gasteiger charge is 2.23. The van der Waals surface area contributed by atoms with Gasteiger partial charge in [0.15, 0.2) is 0 Å². The van der Waals surface area contributed by atoms with Gasteiger partial charge in [0.2, 0.25) is 15.9 Å². The van der Waals surface area contributed by atoms with Crippen LogP contribution in [-0.2, 0) is 21.2 Å². The number of nitrogens with zero attached hydrogens (tertiary/aromatic N) is 3. The highest BCUT2D eigenvalue weighted by molar-refractivity contribution is 7.88. The number of rotatable bonds is 4. The molecule has 0 bridgehead atoms. The van der Waals surface area contributed by atoms with E-state index in [1.54, 1.807) is 17.0 Å². The lowest BCUT2D eigenvalue weighted by molar-refractivity contribution is -0.131. The molecule has 1 heterocycles. The fourth-order valence-electron chi connectivity index (χ4n) is 2.63. The Bertz CT molecular complexity index is 692. The summed E-state index contributed by atoms with van der Waals surface area (Å²) in [5.74, 6) is 0.0460. The molecule has 0 unspecified atom stereocenters. The van der Waals surface area contributed by atoms with E-state index in [0.29, 0.717) is 51.0 Å². The van der Waals surface area contributed by atoms with Gasteiger partial charge in [0.05, 0.1) is 17.9 Å². The molecule has 1 aliphatic heterocycles. The van der Waals surface area contributed by atoms with Crippen LogP contribution in [0.5, 0.6) is 0 Å². The van der Waals surface area contributed by atoms with Gasteiger partial charge in [-0.05, 0) is 30.5 Å². The topological polar surface area (TPSA) is 81.5 Å². The van der Waals surface area contributed by atoms with Crippen LogP contribution in [-0.4, -0.2) is 56.0 Å². The molecule has 1 saturated heterocycles. The molecule has 124 valence electrons. The van der Waals surface area contributed by atoms with Crippen LogP contribution in [0.25, 0.3) is 0 Å². The van der Waals surface area contributed by atoms with Gasteiger partial charge in [-0.3, -0.25) is 4.79 Å². The summed E-state index contributed by atoms with van der Waals surface area (Å²) in [6.07, 6.45) is 2.88. The van der Waals surface area contributed by atoms with Crippen molar-refractivity contribution in [3.05, 3.63) is 35.4 Å². The zero-order valence-corrected chi connectivity index (χ0v) is 14.1. The zero-order valence-electron chi connectivity index (χ0n) is 13.2. The molecule has 7 heteroatoms. The lowest BCUT2D eigenvalue weighted by Gasteiger charge is -2.21. The third-order valence-electron chi connectivity index (χ3n) is 3.99. The second kappa shape index (κ2) is 7.57. The standard InChI is InChI=1S/C16H21N3O3S/c1-23(21,22)19-10-2-9-18(11-12-19)16(20)8-7-14-3-5-15(13-17)6-4-14/h3-6H,2,7-12H2,1H3. The van der Waals surface area contributed by atoms with Gasteiger partial charge in [-0.2, -0.15) is 5.26 Å². The quantitative estimate of drug-likeness (QED) is 0.821. The molecule has 1 fully saturated rings. The van der Waals surface area contributed by atoms with E-state index in [1.165, 1.54) is 10.6 Å². The molecule has 1 aromatic carbocycles. The molecule has 0 atom stereocenters. The zero-order chi connectivity index (χ0) is 16.9. The number of hydrogen-bond acceptors (Lipinski definition) is 4. The van der Waals surface area contributed by atoms with Gasteiger partial charge in [-0.25, -0.2) is 12.7 Å². The van der Waals surface area contributed by atoms with Crippen molar-refractivity contribution >= 4 is 15.9 Å². The Kier molecular flexibility index (Phi) is 5.74. The first-order chi connectivity index (χ1) is 10.9. The van der Waals surface area contributed by atoms with Crippen LogP contribution >= 0.6 is 0 Å². The molecule has 0 aliphatic carbocycles. The Balaban J connectivity index is 1.87. The minimum Gasteiger partial charge on any atom is -0.341 e. The van der Waals surface area contributed by atoms with Crippen molar-refractivity contribution in [1.82, 2.24) is 9.21 Å². The summed E-state index contributed by atoms with van der Waals surface area (Å²) in [7, 11) is -3.19. The minimum absolute atomic E-state index is 0.0460. The van der Waals surface area contributed by atoms with Gasteiger partial charge in [0.25, 0.3) is 0 Å². The van der Waals surface area contributed by atoms with Gasteiger partial charge in [-0.15, -0.1) is 0 Å². The third kappa shape index (κ3) is 5.05. The van der Waals surface area contributed by atoms with Gasteiger partial charge in [-0.1, -0.05) is 12.1 Å². The summed E-state index contributed by atoms with van der Waals surface area (Å²) >= 11 is 0. The van der Waals surface area contributed by atoms with Crippen molar-refractivity contribution in [2.75, 3.05) is 32.4 Å². The summed E-state index contributed by atoms with van der Waals surface area (Å²) in [6.45, 7) is 1.87. The van der Waals surface area contributed by atoms with Crippen molar-refractivity contribution in [2.45, 2.75) is 19.3 Å². The normalized spacial score (nSPS) is 16.6. The lowest BCUT2D eigenvalue weighted by atomic mass is 10.1. The number of nitriles is 1. The second-order valence-electron chi connectivity index (χ2n) is 5.71. The van der Waals surface area contributed by atoms with Crippen LogP contribution in [0.15, 0.2) is 24.3 Å². The molecule has 0 saturated carbocycles. The third-order valence-corrected chi connectivity index (χ3v) is 5.29. The number of amides is 1. The van der Waals surface area contributed by atoms with Gasteiger partial charge >= 0.3 is 0 Å². The highest BCUT2D eigenvalue weighted by Crippen LogP contribution is 2.11. The number of aryl methyl sites for hydroxylation is 1. The van der Waals surface area contributed by atoms with Crippen LogP contribution in [0.3, 0.4) is 0 Å². The number of benzene rings is 1. The van der Waals surface area contributed by atoms with Crippen LogP contribution in [0.2, 0.25) is 0 Å². The molecular weight excluding hydrogens is 314 g/mol. The molecular formula is C16H21N3O3S. The largest absolute Gasteiger partial charge is 0.341 e. The van der Waals surface area contributed by atoms with Crippen LogP contribution in [0.4, 0.5) is 0 Å². The predicted octanol–water partition coefficient (Wildman–Crippen LogP) is 0.985. The fraction of sp³-hybridized carbons (Fsp3) is 0.500. The average Bonchev–Trinajstić information content (AvgIpc) is 2.79. The van der Waals surface area contributed by atoms with E-state index in [4.69, 9.17) is 5.26 Å². The average molecular weight is 335 g/mol. The van der Waals surface area contributed by atoms with Crippen LogP contribution in [0.1, 0.15) is 24.0 Å². The predicted molar refractivity (Wildman–Crippen MR) is 87.1 cm³/mol.